The largest absolute Gasteiger partial charge is 0.421 e. The molecule has 0 unspecified atom stereocenters. The van der Waals surface area contributed by atoms with Crippen LogP contribution in [0.15, 0.2) is 24.5 Å². The Morgan fingerprint density at radius 1 is 1.17 bits per heavy atom. The molecule has 4 N–H and O–H groups in total. The number of anilines is 3. The van der Waals surface area contributed by atoms with Gasteiger partial charge in [0.05, 0.1) is 23.3 Å². The van der Waals surface area contributed by atoms with Crippen LogP contribution in [0.2, 0.25) is 0 Å². The van der Waals surface area contributed by atoms with Crippen molar-refractivity contribution >= 4 is 23.4 Å². The lowest BCUT2D eigenvalue weighted by molar-refractivity contribution is -0.137. The molecule has 0 bridgehead atoms. The standard InChI is InChI=1S/C19H20F3N7O/c1-9-10(2)15(6-5-12(9)16(23)30)29-8-14(11(3)28-29)26-18-25-7-13(19(20,21)22)17(24-4)27-18/h5-8H,1-4H3,(H2,23,30)(H2,24,25,26,27). The number of benzene rings is 1. The molecule has 158 valence electrons. The lowest BCUT2D eigenvalue weighted by Gasteiger charge is -2.12. The summed E-state index contributed by atoms with van der Waals surface area (Å²) >= 11 is 0. The molecule has 1 amide bonds. The SMILES string of the molecule is CNc1nc(Nc2cn(-c3ccc(C(N)=O)c(C)c3C)nc2C)ncc1C(F)(F)F. The van der Waals surface area contributed by atoms with E-state index in [0.29, 0.717) is 16.9 Å². The van der Waals surface area contributed by atoms with Crippen molar-refractivity contribution in [2.24, 2.45) is 5.73 Å². The van der Waals surface area contributed by atoms with Gasteiger partial charge in [0, 0.05) is 18.8 Å². The van der Waals surface area contributed by atoms with Gasteiger partial charge in [0.25, 0.3) is 0 Å². The average Bonchev–Trinajstić information content (AvgIpc) is 3.02. The number of amides is 1. The normalized spacial score (nSPS) is 11.4. The summed E-state index contributed by atoms with van der Waals surface area (Å²) in [6, 6.07) is 3.36. The first kappa shape index (κ1) is 21.1. The number of hydrogen-bond acceptors (Lipinski definition) is 6. The van der Waals surface area contributed by atoms with E-state index in [-0.39, 0.29) is 11.8 Å². The third-order valence-electron chi connectivity index (χ3n) is 4.75. The highest BCUT2D eigenvalue weighted by Crippen LogP contribution is 2.34. The zero-order valence-corrected chi connectivity index (χ0v) is 16.7. The molecular weight excluding hydrogens is 399 g/mol. The van der Waals surface area contributed by atoms with Crippen LogP contribution in [0.25, 0.3) is 5.69 Å². The van der Waals surface area contributed by atoms with Gasteiger partial charge in [0.15, 0.2) is 0 Å². The van der Waals surface area contributed by atoms with Gasteiger partial charge in [-0.15, -0.1) is 0 Å². The number of carbonyl (C=O) groups excluding carboxylic acids is 1. The van der Waals surface area contributed by atoms with Crippen LogP contribution in [0.5, 0.6) is 0 Å². The Morgan fingerprint density at radius 2 is 1.87 bits per heavy atom. The minimum Gasteiger partial charge on any atom is -0.372 e. The molecule has 0 atom stereocenters. The smallest absolute Gasteiger partial charge is 0.372 e. The van der Waals surface area contributed by atoms with E-state index in [1.165, 1.54) is 7.05 Å². The maximum absolute atomic E-state index is 13.0. The molecule has 11 heteroatoms. The van der Waals surface area contributed by atoms with Crippen molar-refractivity contribution in [3.05, 3.63) is 52.5 Å². The summed E-state index contributed by atoms with van der Waals surface area (Å²) in [6.45, 7) is 5.38. The van der Waals surface area contributed by atoms with Crippen LogP contribution in [0.4, 0.5) is 30.6 Å². The summed E-state index contributed by atoms with van der Waals surface area (Å²) in [5.41, 5.74) is 8.26. The molecule has 0 aliphatic heterocycles. The van der Waals surface area contributed by atoms with Crippen LogP contribution in [-0.4, -0.2) is 32.7 Å². The zero-order valence-electron chi connectivity index (χ0n) is 16.7. The summed E-state index contributed by atoms with van der Waals surface area (Å²) < 4.78 is 40.7. The predicted molar refractivity (Wildman–Crippen MR) is 106 cm³/mol. The van der Waals surface area contributed by atoms with Crippen LogP contribution in [0.3, 0.4) is 0 Å². The maximum Gasteiger partial charge on any atom is 0.421 e. The summed E-state index contributed by atoms with van der Waals surface area (Å²) in [5.74, 6) is -0.855. The third kappa shape index (κ3) is 3.91. The summed E-state index contributed by atoms with van der Waals surface area (Å²) in [5, 5.41) is 9.76. The first-order chi connectivity index (χ1) is 14.0. The summed E-state index contributed by atoms with van der Waals surface area (Å²) in [4.78, 5) is 19.2. The molecule has 3 rings (SSSR count). The minimum atomic E-state index is -4.57. The van der Waals surface area contributed by atoms with Crippen LogP contribution >= 0.6 is 0 Å². The molecule has 0 aliphatic carbocycles. The van der Waals surface area contributed by atoms with Gasteiger partial charge in [-0.1, -0.05) is 0 Å². The number of nitrogens with one attached hydrogen (secondary N) is 2. The molecule has 0 spiro atoms. The van der Waals surface area contributed by atoms with E-state index in [4.69, 9.17) is 5.73 Å². The molecule has 0 saturated heterocycles. The number of hydrogen-bond donors (Lipinski definition) is 3. The highest BCUT2D eigenvalue weighted by molar-refractivity contribution is 5.95. The Kier molecular flexibility index (Phi) is 5.38. The third-order valence-corrected chi connectivity index (χ3v) is 4.75. The van der Waals surface area contributed by atoms with E-state index in [2.05, 4.69) is 25.7 Å². The summed E-state index contributed by atoms with van der Waals surface area (Å²) in [7, 11) is 1.35. The lowest BCUT2D eigenvalue weighted by atomic mass is 10.0. The Bertz CT molecular complexity index is 1120. The fraction of sp³-hybridized carbons (Fsp3) is 0.263. The van der Waals surface area contributed by atoms with Crippen molar-refractivity contribution in [2.75, 3.05) is 17.7 Å². The van der Waals surface area contributed by atoms with Crippen LogP contribution < -0.4 is 16.4 Å². The predicted octanol–water partition coefficient (Wildman–Crippen LogP) is 3.49. The van der Waals surface area contributed by atoms with Gasteiger partial charge in [-0.3, -0.25) is 4.79 Å². The second-order valence-corrected chi connectivity index (χ2v) is 6.65. The van der Waals surface area contributed by atoms with Crippen molar-refractivity contribution in [2.45, 2.75) is 26.9 Å². The molecule has 0 radical (unpaired) electrons. The Hall–Kier alpha value is -3.63. The first-order valence-electron chi connectivity index (χ1n) is 8.88. The fourth-order valence-electron chi connectivity index (χ4n) is 2.99. The van der Waals surface area contributed by atoms with Gasteiger partial charge < -0.3 is 16.4 Å². The van der Waals surface area contributed by atoms with Crippen LogP contribution in [-0.2, 0) is 6.18 Å². The quantitative estimate of drug-likeness (QED) is 0.584. The van der Waals surface area contributed by atoms with Crippen LogP contribution in [0.1, 0.15) is 32.7 Å². The Morgan fingerprint density at radius 3 is 2.47 bits per heavy atom. The number of aryl methyl sites for hydroxylation is 1. The number of aromatic nitrogens is 4. The van der Waals surface area contributed by atoms with E-state index < -0.39 is 17.6 Å². The van der Waals surface area contributed by atoms with E-state index >= 15 is 0 Å². The van der Waals surface area contributed by atoms with Gasteiger partial charge in [0.1, 0.15) is 11.4 Å². The van der Waals surface area contributed by atoms with Crippen molar-refractivity contribution in [1.82, 2.24) is 19.7 Å². The van der Waals surface area contributed by atoms with E-state index in [9.17, 15) is 18.0 Å². The monoisotopic (exact) mass is 419 g/mol. The van der Waals surface area contributed by atoms with Crippen molar-refractivity contribution in [1.29, 1.82) is 0 Å². The number of rotatable bonds is 5. The molecule has 0 fully saturated rings. The van der Waals surface area contributed by atoms with Gasteiger partial charge in [-0.2, -0.15) is 23.3 Å². The Labute approximate surface area is 170 Å². The van der Waals surface area contributed by atoms with Crippen molar-refractivity contribution < 1.29 is 18.0 Å². The molecule has 0 aliphatic rings. The van der Waals surface area contributed by atoms with Gasteiger partial charge in [-0.05, 0) is 44.0 Å². The number of carbonyl (C=O) groups is 1. The molecule has 3 aromatic rings. The molecule has 0 saturated carbocycles. The van der Waals surface area contributed by atoms with Crippen LogP contribution in [0, 0.1) is 20.8 Å². The molecule has 8 nitrogen and oxygen atoms in total. The van der Waals surface area contributed by atoms with E-state index in [0.717, 1.165) is 23.0 Å². The Balaban J connectivity index is 1.95. The molecule has 30 heavy (non-hydrogen) atoms. The van der Waals surface area contributed by atoms with E-state index in [1.54, 1.807) is 36.9 Å². The topological polar surface area (TPSA) is 111 Å². The molecule has 2 heterocycles. The second kappa shape index (κ2) is 7.65. The fourth-order valence-corrected chi connectivity index (χ4v) is 2.99. The second-order valence-electron chi connectivity index (χ2n) is 6.65. The number of halogens is 3. The maximum atomic E-state index is 13.0. The first-order valence-corrected chi connectivity index (χ1v) is 8.88. The molecule has 2 aromatic heterocycles. The summed E-state index contributed by atoms with van der Waals surface area (Å²) in [6.07, 6.45) is -2.18. The highest BCUT2D eigenvalue weighted by atomic mass is 19.4. The molecule has 1 aromatic carbocycles. The average molecular weight is 419 g/mol. The van der Waals surface area contributed by atoms with Gasteiger partial charge >= 0.3 is 6.18 Å². The minimum absolute atomic E-state index is 0.00743. The van der Waals surface area contributed by atoms with Crippen molar-refractivity contribution in [3.8, 4) is 5.69 Å². The number of primary amides is 1. The molecular formula is C19H20F3N7O. The number of alkyl halides is 3. The zero-order chi connectivity index (χ0) is 22.2. The van der Waals surface area contributed by atoms with Gasteiger partial charge in [-0.25, -0.2) is 9.67 Å². The number of nitrogens with two attached hydrogens (primary N) is 1. The highest BCUT2D eigenvalue weighted by Gasteiger charge is 2.35. The van der Waals surface area contributed by atoms with Gasteiger partial charge in [0.2, 0.25) is 11.9 Å². The number of nitrogens with zero attached hydrogens (tertiary/aromatic N) is 4. The van der Waals surface area contributed by atoms with Crippen molar-refractivity contribution in [3.63, 3.8) is 0 Å². The van der Waals surface area contributed by atoms with E-state index in [1.807, 2.05) is 6.92 Å². The lowest BCUT2D eigenvalue weighted by Crippen LogP contribution is -2.14.